The molecule has 0 saturated heterocycles. The predicted molar refractivity (Wildman–Crippen MR) is 58.8 cm³/mol. The molecule has 0 aliphatic rings. The Hall–Kier alpha value is -0.890. The Morgan fingerprint density at radius 3 is 2.92 bits per heavy atom. The number of nitrogens with zero attached hydrogens (tertiary/aromatic N) is 1. The number of rotatable bonds is 1. The van der Waals surface area contributed by atoms with Gasteiger partial charge in [-0.1, -0.05) is 22.9 Å². The van der Waals surface area contributed by atoms with Gasteiger partial charge < -0.3 is 0 Å². The molecule has 1 aromatic heterocycles. The molecule has 0 saturated carbocycles. The van der Waals surface area contributed by atoms with E-state index in [1.807, 2.05) is 18.3 Å². The summed E-state index contributed by atoms with van der Waals surface area (Å²) in [5.41, 5.74) is 2.42. The monoisotopic (exact) mass is 235 g/mol. The molecule has 1 heterocycles. The molecule has 1 aromatic carbocycles. The molecular weight excluding hydrogens is 226 g/mol. The summed E-state index contributed by atoms with van der Waals surface area (Å²) < 4.78 is 1.11. The Kier molecular flexibility index (Phi) is 2.32. The van der Waals surface area contributed by atoms with Gasteiger partial charge in [0, 0.05) is 16.1 Å². The van der Waals surface area contributed by atoms with Gasteiger partial charge in [-0.2, -0.15) is 0 Å². The fourth-order valence-corrected chi connectivity index (χ4v) is 1.84. The van der Waals surface area contributed by atoms with Crippen LogP contribution in [-0.4, -0.2) is 4.98 Å². The quantitative estimate of drug-likeness (QED) is 0.737. The molecule has 0 amide bonds. The van der Waals surface area contributed by atoms with E-state index >= 15 is 0 Å². The van der Waals surface area contributed by atoms with E-state index in [9.17, 15) is 0 Å². The number of pyridine rings is 1. The normalized spacial score (nSPS) is 10.6. The maximum atomic E-state index is 4.31. The highest BCUT2D eigenvalue weighted by Crippen LogP contribution is 2.21. The molecule has 0 aliphatic heterocycles. The van der Waals surface area contributed by atoms with Crippen molar-refractivity contribution >= 4 is 26.8 Å². The van der Waals surface area contributed by atoms with Crippen LogP contribution in [-0.2, 0) is 6.42 Å². The summed E-state index contributed by atoms with van der Waals surface area (Å²) in [6.45, 7) is 2.16. The standard InChI is InChI=1S/C11H10BrN/c1-2-8-5-6-13-11-4-3-9(12)7-10(8)11/h3-7H,2H2,1H3. The number of halogens is 1. The first-order valence-corrected chi connectivity index (χ1v) is 5.13. The maximum Gasteiger partial charge on any atom is 0.0705 e. The molecule has 0 bridgehead atoms. The van der Waals surface area contributed by atoms with Crippen LogP contribution in [0.3, 0.4) is 0 Å². The Morgan fingerprint density at radius 2 is 2.15 bits per heavy atom. The lowest BCUT2D eigenvalue weighted by Gasteiger charge is -2.02. The number of hydrogen-bond donors (Lipinski definition) is 0. The van der Waals surface area contributed by atoms with Gasteiger partial charge >= 0.3 is 0 Å². The minimum absolute atomic E-state index is 1.05. The van der Waals surface area contributed by atoms with Crippen molar-refractivity contribution in [3.05, 3.63) is 40.5 Å². The molecule has 0 aliphatic carbocycles. The summed E-state index contributed by atoms with van der Waals surface area (Å²) >= 11 is 3.47. The van der Waals surface area contributed by atoms with E-state index < -0.39 is 0 Å². The number of aryl methyl sites for hydroxylation is 1. The van der Waals surface area contributed by atoms with Gasteiger partial charge in [0.1, 0.15) is 0 Å². The second kappa shape index (κ2) is 3.46. The third kappa shape index (κ3) is 1.59. The fourth-order valence-electron chi connectivity index (χ4n) is 1.48. The van der Waals surface area contributed by atoms with Crippen molar-refractivity contribution in [1.29, 1.82) is 0 Å². The number of aromatic nitrogens is 1. The van der Waals surface area contributed by atoms with Crippen molar-refractivity contribution in [2.45, 2.75) is 13.3 Å². The summed E-state index contributed by atoms with van der Waals surface area (Å²) in [6.07, 6.45) is 2.92. The molecule has 2 rings (SSSR count). The van der Waals surface area contributed by atoms with E-state index in [1.54, 1.807) is 0 Å². The van der Waals surface area contributed by atoms with Gasteiger partial charge in [-0.05, 0) is 36.2 Å². The minimum Gasteiger partial charge on any atom is -0.256 e. The summed E-state index contributed by atoms with van der Waals surface area (Å²) in [7, 11) is 0. The maximum absolute atomic E-state index is 4.31. The second-order valence-corrected chi connectivity index (χ2v) is 3.90. The van der Waals surface area contributed by atoms with Crippen LogP contribution < -0.4 is 0 Å². The topological polar surface area (TPSA) is 12.9 Å². The van der Waals surface area contributed by atoms with Gasteiger partial charge in [-0.15, -0.1) is 0 Å². The van der Waals surface area contributed by atoms with Gasteiger partial charge in [0.15, 0.2) is 0 Å². The lowest BCUT2D eigenvalue weighted by molar-refractivity contribution is 1.15. The molecule has 0 spiro atoms. The summed E-state index contributed by atoms with van der Waals surface area (Å²) in [4.78, 5) is 4.31. The molecule has 0 unspecified atom stereocenters. The SMILES string of the molecule is CCc1ccnc2ccc(Br)cc12. The van der Waals surface area contributed by atoms with Crippen LogP contribution in [0.15, 0.2) is 34.9 Å². The molecule has 0 atom stereocenters. The lowest BCUT2D eigenvalue weighted by atomic mass is 10.1. The van der Waals surface area contributed by atoms with Crippen LogP contribution in [0.25, 0.3) is 10.9 Å². The molecule has 66 valence electrons. The number of hydrogen-bond acceptors (Lipinski definition) is 1. The average Bonchev–Trinajstić information content (AvgIpc) is 2.17. The summed E-state index contributed by atoms with van der Waals surface area (Å²) in [5.74, 6) is 0. The van der Waals surface area contributed by atoms with Crippen LogP contribution in [0.2, 0.25) is 0 Å². The van der Waals surface area contributed by atoms with E-state index in [2.05, 4.69) is 40.0 Å². The Labute approximate surface area is 85.9 Å². The largest absolute Gasteiger partial charge is 0.256 e. The third-order valence-electron chi connectivity index (χ3n) is 2.17. The zero-order valence-electron chi connectivity index (χ0n) is 7.42. The lowest BCUT2D eigenvalue weighted by Crippen LogP contribution is -1.85. The fraction of sp³-hybridized carbons (Fsp3) is 0.182. The van der Waals surface area contributed by atoms with E-state index in [0.29, 0.717) is 0 Å². The first kappa shape index (κ1) is 8.70. The molecule has 2 aromatic rings. The predicted octanol–water partition coefficient (Wildman–Crippen LogP) is 3.56. The van der Waals surface area contributed by atoms with E-state index in [4.69, 9.17) is 0 Å². The smallest absolute Gasteiger partial charge is 0.0705 e. The second-order valence-electron chi connectivity index (χ2n) is 2.99. The van der Waals surface area contributed by atoms with Crippen molar-refractivity contribution in [2.24, 2.45) is 0 Å². The first-order valence-electron chi connectivity index (χ1n) is 4.34. The van der Waals surface area contributed by atoms with Gasteiger partial charge in [0.05, 0.1) is 5.52 Å². The van der Waals surface area contributed by atoms with Gasteiger partial charge in [-0.3, -0.25) is 4.98 Å². The Balaban J connectivity index is 2.79. The highest BCUT2D eigenvalue weighted by Gasteiger charge is 1.99. The minimum atomic E-state index is 1.05. The number of fused-ring (bicyclic) bond motifs is 1. The van der Waals surface area contributed by atoms with Crippen molar-refractivity contribution < 1.29 is 0 Å². The Bertz CT molecular complexity index is 437. The molecule has 0 fully saturated rings. The van der Waals surface area contributed by atoms with Crippen LogP contribution >= 0.6 is 15.9 Å². The Morgan fingerprint density at radius 1 is 1.31 bits per heavy atom. The molecule has 1 nitrogen and oxygen atoms in total. The molecular formula is C11H10BrN. The molecule has 0 N–H and O–H groups in total. The zero-order valence-corrected chi connectivity index (χ0v) is 9.01. The molecule has 2 heteroatoms. The highest BCUT2D eigenvalue weighted by atomic mass is 79.9. The van der Waals surface area contributed by atoms with E-state index in [0.717, 1.165) is 16.4 Å². The zero-order chi connectivity index (χ0) is 9.26. The summed E-state index contributed by atoms with van der Waals surface area (Å²) in [5, 5.41) is 1.25. The van der Waals surface area contributed by atoms with Crippen LogP contribution in [0.1, 0.15) is 12.5 Å². The van der Waals surface area contributed by atoms with Crippen molar-refractivity contribution in [3.8, 4) is 0 Å². The van der Waals surface area contributed by atoms with Crippen LogP contribution in [0.5, 0.6) is 0 Å². The first-order chi connectivity index (χ1) is 6.31. The van der Waals surface area contributed by atoms with E-state index in [-0.39, 0.29) is 0 Å². The highest BCUT2D eigenvalue weighted by molar-refractivity contribution is 9.10. The third-order valence-corrected chi connectivity index (χ3v) is 2.67. The van der Waals surface area contributed by atoms with Crippen LogP contribution in [0.4, 0.5) is 0 Å². The van der Waals surface area contributed by atoms with Crippen molar-refractivity contribution in [3.63, 3.8) is 0 Å². The average molecular weight is 236 g/mol. The van der Waals surface area contributed by atoms with Gasteiger partial charge in [0.2, 0.25) is 0 Å². The van der Waals surface area contributed by atoms with Crippen molar-refractivity contribution in [2.75, 3.05) is 0 Å². The summed E-state index contributed by atoms with van der Waals surface area (Å²) in [6, 6.07) is 8.27. The molecule has 13 heavy (non-hydrogen) atoms. The number of benzene rings is 1. The van der Waals surface area contributed by atoms with Crippen LogP contribution in [0, 0.1) is 0 Å². The van der Waals surface area contributed by atoms with Gasteiger partial charge in [-0.25, -0.2) is 0 Å². The van der Waals surface area contributed by atoms with Gasteiger partial charge in [0.25, 0.3) is 0 Å². The van der Waals surface area contributed by atoms with E-state index in [1.165, 1.54) is 10.9 Å². The molecule has 0 radical (unpaired) electrons. The van der Waals surface area contributed by atoms with Crippen molar-refractivity contribution in [1.82, 2.24) is 4.98 Å².